The van der Waals surface area contributed by atoms with E-state index in [0.29, 0.717) is 25.8 Å². The second-order valence-corrected chi connectivity index (χ2v) is 9.12. The van der Waals surface area contributed by atoms with Crippen molar-refractivity contribution in [1.82, 2.24) is 20.2 Å². The van der Waals surface area contributed by atoms with E-state index in [-0.39, 0.29) is 23.3 Å². The SMILES string of the molecule is CC(C)N1CCC(Oc2ccc(C3(CNC(=O)c4ncccn4)CCOCC3)cc2)CC1. The molecule has 0 spiro atoms. The van der Waals surface area contributed by atoms with Crippen LogP contribution in [0.2, 0.25) is 0 Å². The Morgan fingerprint density at radius 1 is 1.16 bits per heavy atom. The first-order chi connectivity index (χ1) is 15.6. The number of amides is 1. The van der Waals surface area contributed by atoms with Crippen LogP contribution >= 0.6 is 0 Å². The maximum atomic E-state index is 12.5. The standard InChI is InChI=1S/C25H34N4O3/c1-19(2)29-14-8-22(9-15-29)32-21-6-4-20(5-7-21)25(10-16-31-17-11-25)18-28-24(30)23-26-12-3-13-27-23/h3-7,12-13,19,22H,8-11,14-18H2,1-2H3,(H,28,30). The number of carbonyl (C=O) groups is 1. The van der Waals surface area contributed by atoms with Crippen molar-refractivity contribution in [2.75, 3.05) is 32.8 Å². The number of piperidine rings is 1. The Hall–Kier alpha value is -2.51. The fraction of sp³-hybridized carbons (Fsp3) is 0.560. The Morgan fingerprint density at radius 2 is 1.81 bits per heavy atom. The smallest absolute Gasteiger partial charge is 0.289 e. The van der Waals surface area contributed by atoms with Gasteiger partial charge >= 0.3 is 0 Å². The summed E-state index contributed by atoms with van der Waals surface area (Å²) in [6.45, 7) is 8.58. The molecule has 1 amide bonds. The zero-order valence-corrected chi connectivity index (χ0v) is 19.1. The van der Waals surface area contributed by atoms with Gasteiger partial charge in [-0.1, -0.05) is 12.1 Å². The summed E-state index contributed by atoms with van der Waals surface area (Å²) in [5, 5.41) is 3.05. The van der Waals surface area contributed by atoms with E-state index in [1.54, 1.807) is 18.5 Å². The lowest BCUT2D eigenvalue weighted by Crippen LogP contribution is -2.45. The van der Waals surface area contributed by atoms with Crippen molar-refractivity contribution in [2.45, 2.75) is 57.1 Å². The van der Waals surface area contributed by atoms with Gasteiger partial charge in [-0.2, -0.15) is 0 Å². The summed E-state index contributed by atoms with van der Waals surface area (Å²) in [5.74, 6) is 0.867. The van der Waals surface area contributed by atoms with E-state index in [2.05, 4.69) is 58.3 Å². The molecule has 2 aliphatic heterocycles. The third-order valence-corrected chi connectivity index (χ3v) is 6.78. The number of carbonyl (C=O) groups excluding carboxylic acids is 1. The first-order valence-electron chi connectivity index (χ1n) is 11.7. The predicted octanol–water partition coefficient (Wildman–Crippen LogP) is 3.21. The molecule has 0 unspecified atom stereocenters. The number of ether oxygens (including phenoxy) is 2. The minimum absolute atomic E-state index is 0.163. The van der Waals surface area contributed by atoms with Crippen LogP contribution in [0.1, 0.15) is 55.7 Å². The molecule has 32 heavy (non-hydrogen) atoms. The van der Waals surface area contributed by atoms with E-state index >= 15 is 0 Å². The van der Waals surface area contributed by atoms with E-state index in [1.165, 1.54) is 5.56 Å². The average molecular weight is 439 g/mol. The van der Waals surface area contributed by atoms with Crippen LogP contribution < -0.4 is 10.1 Å². The number of benzene rings is 1. The largest absolute Gasteiger partial charge is 0.490 e. The van der Waals surface area contributed by atoms with Crippen molar-refractivity contribution >= 4 is 5.91 Å². The molecule has 2 aliphatic rings. The summed E-state index contributed by atoms with van der Waals surface area (Å²) in [6, 6.07) is 10.7. The molecule has 1 aromatic carbocycles. The van der Waals surface area contributed by atoms with E-state index in [0.717, 1.165) is 44.5 Å². The molecular formula is C25H34N4O3. The van der Waals surface area contributed by atoms with Crippen LogP contribution in [-0.4, -0.2) is 65.8 Å². The quantitative estimate of drug-likeness (QED) is 0.715. The van der Waals surface area contributed by atoms with Crippen LogP contribution in [0.25, 0.3) is 0 Å². The first kappa shape index (κ1) is 22.7. The summed E-state index contributed by atoms with van der Waals surface area (Å²) in [6.07, 6.45) is 7.28. The van der Waals surface area contributed by atoms with Gasteiger partial charge in [-0.05, 0) is 63.3 Å². The average Bonchev–Trinajstić information content (AvgIpc) is 2.84. The van der Waals surface area contributed by atoms with Crippen molar-refractivity contribution < 1.29 is 14.3 Å². The lowest BCUT2D eigenvalue weighted by atomic mass is 9.74. The van der Waals surface area contributed by atoms with Crippen molar-refractivity contribution in [3.05, 3.63) is 54.1 Å². The topological polar surface area (TPSA) is 76.6 Å². The van der Waals surface area contributed by atoms with Crippen LogP contribution in [0.5, 0.6) is 5.75 Å². The van der Waals surface area contributed by atoms with Crippen LogP contribution in [0.3, 0.4) is 0 Å². The minimum Gasteiger partial charge on any atom is -0.490 e. The molecule has 1 N–H and O–H groups in total. The molecule has 3 heterocycles. The number of hydrogen-bond acceptors (Lipinski definition) is 6. The molecular weight excluding hydrogens is 404 g/mol. The Labute approximate surface area is 190 Å². The maximum absolute atomic E-state index is 12.5. The molecule has 2 aromatic rings. The number of likely N-dealkylation sites (tertiary alicyclic amines) is 1. The van der Waals surface area contributed by atoms with Crippen LogP contribution in [0.4, 0.5) is 0 Å². The van der Waals surface area contributed by atoms with Crippen molar-refractivity contribution in [3.63, 3.8) is 0 Å². The maximum Gasteiger partial charge on any atom is 0.289 e. The van der Waals surface area contributed by atoms with E-state index in [4.69, 9.17) is 9.47 Å². The second-order valence-electron chi connectivity index (χ2n) is 9.12. The Morgan fingerprint density at radius 3 is 2.44 bits per heavy atom. The van der Waals surface area contributed by atoms with Gasteiger partial charge in [-0.15, -0.1) is 0 Å². The molecule has 1 aromatic heterocycles. The Balaban J connectivity index is 1.39. The summed E-state index contributed by atoms with van der Waals surface area (Å²) < 4.78 is 11.9. The van der Waals surface area contributed by atoms with Crippen LogP contribution in [0.15, 0.2) is 42.7 Å². The van der Waals surface area contributed by atoms with Gasteiger partial charge in [0.05, 0.1) is 0 Å². The lowest BCUT2D eigenvalue weighted by Gasteiger charge is -2.38. The highest BCUT2D eigenvalue weighted by molar-refractivity contribution is 5.90. The van der Waals surface area contributed by atoms with Crippen molar-refractivity contribution in [3.8, 4) is 5.75 Å². The Kier molecular flexibility index (Phi) is 7.37. The van der Waals surface area contributed by atoms with Crippen LogP contribution in [0, 0.1) is 0 Å². The van der Waals surface area contributed by atoms with E-state index < -0.39 is 0 Å². The zero-order chi connectivity index (χ0) is 22.4. The predicted molar refractivity (Wildman–Crippen MR) is 123 cm³/mol. The highest BCUT2D eigenvalue weighted by atomic mass is 16.5. The molecule has 2 fully saturated rings. The van der Waals surface area contributed by atoms with Gasteiger partial charge in [0, 0.05) is 56.7 Å². The molecule has 7 heteroatoms. The van der Waals surface area contributed by atoms with E-state index in [1.807, 2.05) is 0 Å². The van der Waals surface area contributed by atoms with Gasteiger partial charge in [0.2, 0.25) is 5.82 Å². The number of hydrogen-bond donors (Lipinski definition) is 1. The van der Waals surface area contributed by atoms with Gasteiger partial charge in [0.15, 0.2) is 0 Å². The van der Waals surface area contributed by atoms with Gasteiger partial charge in [0.25, 0.3) is 5.91 Å². The molecule has 0 aliphatic carbocycles. The van der Waals surface area contributed by atoms with E-state index in [9.17, 15) is 4.79 Å². The van der Waals surface area contributed by atoms with Gasteiger partial charge in [0.1, 0.15) is 11.9 Å². The van der Waals surface area contributed by atoms with Crippen molar-refractivity contribution in [2.24, 2.45) is 0 Å². The normalized spacial score (nSPS) is 19.6. The number of nitrogens with zero attached hydrogens (tertiary/aromatic N) is 3. The number of aromatic nitrogens is 2. The summed E-state index contributed by atoms with van der Waals surface area (Å²) in [7, 11) is 0. The van der Waals surface area contributed by atoms with Gasteiger partial charge in [-0.25, -0.2) is 9.97 Å². The molecule has 0 radical (unpaired) electrons. The summed E-state index contributed by atoms with van der Waals surface area (Å²) >= 11 is 0. The minimum atomic E-state index is -0.246. The third kappa shape index (κ3) is 5.45. The molecule has 0 bridgehead atoms. The summed E-state index contributed by atoms with van der Waals surface area (Å²) in [4.78, 5) is 23.1. The lowest BCUT2D eigenvalue weighted by molar-refractivity contribution is 0.0485. The molecule has 172 valence electrons. The van der Waals surface area contributed by atoms with Crippen molar-refractivity contribution in [1.29, 1.82) is 0 Å². The third-order valence-electron chi connectivity index (χ3n) is 6.78. The number of nitrogens with one attached hydrogen (secondary N) is 1. The van der Waals surface area contributed by atoms with Gasteiger partial charge < -0.3 is 19.7 Å². The Bertz CT molecular complexity index is 859. The highest BCUT2D eigenvalue weighted by Gasteiger charge is 2.35. The fourth-order valence-corrected chi connectivity index (χ4v) is 4.66. The monoisotopic (exact) mass is 438 g/mol. The second kappa shape index (κ2) is 10.4. The molecule has 0 atom stereocenters. The molecule has 7 nitrogen and oxygen atoms in total. The van der Waals surface area contributed by atoms with Gasteiger partial charge in [-0.3, -0.25) is 4.79 Å². The van der Waals surface area contributed by atoms with Crippen LogP contribution in [-0.2, 0) is 10.2 Å². The zero-order valence-electron chi connectivity index (χ0n) is 19.1. The highest BCUT2D eigenvalue weighted by Crippen LogP contribution is 2.35. The molecule has 4 rings (SSSR count). The summed E-state index contributed by atoms with van der Waals surface area (Å²) in [5.41, 5.74) is 1.04. The first-order valence-corrected chi connectivity index (χ1v) is 11.7. The molecule has 2 saturated heterocycles. The fourth-order valence-electron chi connectivity index (χ4n) is 4.66. The number of rotatable bonds is 7. The molecule has 0 saturated carbocycles.